The number of nitrogens with zero attached hydrogens (tertiary/aromatic N) is 3. The fourth-order valence-corrected chi connectivity index (χ4v) is 2.68. The molecule has 23 heavy (non-hydrogen) atoms. The molecule has 3 aromatic rings. The van der Waals surface area contributed by atoms with E-state index < -0.39 is 0 Å². The van der Waals surface area contributed by atoms with Gasteiger partial charge in [-0.15, -0.1) is 6.42 Å². The lowest BCUT2D eigenvalue weighted by Gasteiger charge is -2.20. The van der Waals surface area contributed by atoms with Crippen LogP contribution in [-0.2, 0) is 4.74 Å². The number of fused-ring (bicyclic) bond motifs is 1. The summed E-state index contributed by atoms with van der Waals surface area (Å²) in [7, 11) is 0. The quantitative estimate of drug-likeness (QED) is 0.648. The number of rotatable bonds is 1. The second-order valence-corrected chi connectivity index (χ2v) is 5.33. The van der Waals surface area contributed by atoms with Gasteiger partial charge in [-0.1, -0.05) is 42.3 Å². The molecule has 4 rings (SSSR count). The van der Waals surface area contributed by atoms with Crippen LogP contribution >= 0.6 is 0 Å². The number of hydrogen-bond donors (Lipinski definition) is 0. The van der Waals surface area contributed by atoms with E-state index in [2.05, 4.69) is 16.0 Å². The summed E-state index contributed by atoms with van der Waals surface area (Å²) in [5, 5.41) is 4.56. The van der Waals surface area contributed by atoms with Gasteiger partial charge in [0.05, 0.1) is 11.3 Å². The van der Waals surface area contributed by atoms with Crippen LogP contribution in [0.5, 0.6) is 0 Å². The Morgan fingerprint density at radius 3 is 2.30 bits per heavy atom. The van der Waals surface area contributed by atoms with E-state index in [9.17, 15) is 0 Å². The molecule has 4 heteroatoms. The van der Waals surface area contributed by atoms with Gasteiger partial charge in [0.25, 0.3) is 0 Å². The summed E-state index contributed by atoms with van der Waals surface area (Å²) in [6, 6.07) is 13.9. The Labute approximate surface area is 136 Å². The molecule has 0 saturated carbocycles. The molecule has 1 aliphatic heterocycles. The van der Waals surface area contributed by atoms with Crippen molar-refractivity contribution in [2.45, 2.75) is 18.8 Å². The molecule has 0 radical (unpaired) electrons. The molecule has 4 nitrogen and oxygen atoms in total. The van der Waals surface area contributed by atoms with Crippen LogP contribution in [0, 0.1) is 12.3 Å². The highest BCUT2D eigenvalue weighted by Crippen LogP contribution is 2.29. The molecule has 1 saturated heterocycles. The van der Waals surface area contributed by atoms with Crippen molar-refractivity contribution in [3.05, 3.63) is 66.1 Å². The number of hydrogen-bond acceptors (Lipinski definition) is 3. The minimum atomic E-state index is 0.400. The highest BCUT2D eigenvalue weighted by molar-refractivity contribution is 5.59. The summed E-state index contributed by atoms with van der Waals surface area (Å²) in [6.45, 7) is 1.58. The number of terminal acetylenes is 1. The van der Waals surface area contributed by atoms with Crippen molar-refractivity contribution in [1.29, 1.82) is 0 Å². The van der Waals surface area contributed by atoms with Gasteiger partial charge in [0.15, 0.2) is 5.65 Å². The van der Waals surface area contributed by atoms with E-state index in [1.165, 1.54) is 0 Å². The first-order valence-electron chi connectivity index (χ1n) is 7.78. The molecule has 1 fully saturated rings. The zero-order valence-electron chi connectivity index (χ0n) is 12.9. The number of benzene rings is 1. The van der Waals surface area contributed by atoms with Gasteiger partial charge in [-0.05, 0) is 18.9 Å². The normalized spacial score (nSPS) is 14.7. The maximum Gasteiger partial charge on any atom is 0.171 e. The van der Waals surface area contributed by atoms with E-state index >= 15 is 0 Å². The molecule has 0 spiro atoms. The van der Waals surface area contributed by atoms with Crippen molar-refractivity contribution in [1.82, 2.24) is 14.6 Å². The SMILES string of the molecule is C#Cc1c(C2CCOCC2)nn2cccnc12.c1ccccc1. The Bertz CT molecular complexity index is 757. The lowest BCUT2D eigenvalue weighted by Crippen LogP contribution is -2.15. The standard InChI is InChI=1S/C13H13N3O.C6H6/c1-2-11-12(10-4-8-17-9-5-10)15-16-7-3-6-14-13(11)16;1-2-4-6-5-3-1/h1,3,6-7,10H,4-5,8-9H2;1-6H. The van der Waals surface area contributed by atoms with Crippen molar-refractivity contribution >= 4 is 5.65 Å². The van der Waals surface area contributed by atoms with E-state index in [1.807, 2.05) is 48.7 Å². The highest BCUT2D eigenvalue weighted by atomic mass is 16.5. The lowest BCUT2D eigenvalue weighted by atomic mass is 9.94. The fraction of sp³-hybridized carbons (Fsp3) is 0.263. The van der Waals surface area contributed by atoms with Crippen LogP contribution in [-0.4, -0.2) is 27.8 Å². The molecule has 3 heterocycles. The first-order chi connectivity index (χ1) is 11.4. The van der Waals surface area contributed by atoms with Crippen LogP contribution < -0.4 is 0 Å². The molecule has 0 bridgehead atoms. The van der Waals surface area contributed by atoms with Crippen molar-refractivity contribution in [2.24, 2.45) is 0 Å². The summed E-state index contributed by atoms with van der Waals surface area (Å²) in [6.07, 6.45) is 11.2. The smallest absolute Gasteiger partial charge is 0.171 e. The average Bonchev–Trinajstić information content (AvgIpc) is 3.03. The van der Waals surface area contributed by atoms with Gasteiger partial charge in [0.1, 0.15) is 0 Å². The first-order valence-corrected chi connectivity index (χ1v) is 7.78. The Morgan fingerprint density at radius 1 is 1.04 bits per heavy atom. The maximum absolute atomic E-state index is 5.59. The maximum atomic E-state index is 5.59. The Balaban J connectivity index is 0.000000220. The van der Waals surface area contributed by atoms with Crippen LogP contribution in [0.1, 0.15) is 30.0 Å². The van der Waals surface area contributed by atoms with Gasteiger partial charge in [0, 0.05) is 31.5 Å². The Kier molecular flexibility index (Phi) is 5.02. The van der Waals surface area contributed by atoms with E-state index in [4.69, 9.17) is 11.2 Å². The minimum absolute atomic E-state index is 0.400. The zero-order valence-corrected chi connectivity index (χ0v) is 12.9. The molecule has 0 N–H and O–H groups in total. The number of ether oxygens (including phenoxy) is 1. The Morgan fingerprint density at radius 2 is 1.70 bits per heavy atom. The molecule has 0 unspecified atom stereocenters. The molecule has 1 aliphatic rings. The topological polar surface area (TPSA) is 39.4 Å². The molecule has 0 amide bonds. The van der Waals surface area contributed by atoms with Gasteiger partial charge in [0.2, 0.25) is 0 Å². The van der Waals surface area contributed by atoms with Crippen LogP contribution in [0.25, 0.3) is 5.65 Å². The Hall–Kier alpha value is -2.64. The second kappa shape index (κ2) is 7.57. The van der Waals surface area contributed by atoms with Crippen molar-refractivity contribution in [2.75, 3.05) is 13.2 Å². The van der Waals surface area contributed by atoms with Crippen LogP contribution in [0.4, 0.5) is 0 Å². The van der Waals surface area contributed by atoms with Gasteiger partial charge in [-0.3, -0.25) is 0 Å². The predicted octanol–water partition coefficient (Wildman–Crippen LogP) is 3.29. The van der Waals surface area contributed by atoms with Gasteiger partial charge in [-0.2, -0.15) is 5.10 Å². The summed E-state index contributed by atoms with van der Waals surface area (Å²) in [4.78, 5) is 4.29. The highest BCUT2D eigenvalue weighted by Gasteiger charge is 2.23. The molecule has 116 valence electrons. The van der Waals surface area contributed by atoms with Gasteiger partial charge < -0.3 is 4.74 Å². The van der Waals surface area contributed by atoms with E-state index in [0.29, 0.717) is 5.92 Å². The third-order valence-electron chi connectivity index (χ3n) is 3.84. The second-order valence-electron chi connectivity index (χ2n) is 5.33. The molecular formula is C19H19N3O. The summed E-state index contributed by atoms with van der Waals surface area (Å²) in [5.41, 5.74) is 2.60. The van der Waals surface area contributed by atoms with E-state index in [0.717, 1.165) is 43.0 Å². The molecule has 0 aliphatic carbocycles. The van der Waals surface area contributed by atoms with Crippen molar-refractivity contribution in [3.63, 3.8) is 0 Å². The summed E-state index contributed by atoms with van der Waals surface area (Å²) < 4.78 is 7.13. The molecule has 1 aromatic carbocycles. The van der Waals surface area contributed by atoms with Crippen LogP contribution in [0.15, 0.2) is 54.9 Å². The zero-order chi connectivity index (χ0) is 15.9. The third kappa shape index (κ3) is 3.58. The van der Waals surface area contributed by atoms with Crippen molar-refractivity contribution in [3.8, 4) is 12.3 Å². The largest absolute Gasteiger partial charge is 0.381 e. The summed E-state index contributed by atoms with van der Waals surface area (Å²) in [5.74, 6) is 3.13. The fourth-order valence-electron chi connectivity index (χ4n) is 2.68. The monoisotopic (exact) mass is 305 g/mol. The molecular weight excluding hydrogens is 286 g/mol. The van der Waals surface area contributed by atoms with Crippen LogP contribution in [0.2, 0.25) is 0 Å². The minimum Gasteiger partial charge on any atom is -0.381 e. The van der Waals surface area contributed by atoms with Crippen LogP contribution in [0.3, 0.4) is 0 Å². The van der Waals surface area contributed by atoms with Gasteiger partial charge in [-0.25, -0.2) is 9.50 Å². The lowest BCUT2D eigenvalue weighted by molar-refractivity contribution is 0.0844. The van der Waals surface area contributed by atoms with E-state index in [-0.39, 0.29) is 0 Å². The summed E-state index contributed by atoms with van der Waals surface area (Å²) >= 11 is 0. The predicted molar refractivity (Wildman–Crippen MR) is 90.2 cm³/mol. The third-order valence-corrected chi connectivity index (χ3v) is 3.84. The number of aromatic nitrogens is 3. The molecule has 2 aromatic heterocycles. The molecule has 0 atom stereocenters. The average molecular weight is 305 g/mol. The van der Waals surface area contributed by atoms with Crippen molar-refractivity contribution < 1.29 is 4.74 Å². The first kappa shape index (κ1) is 15.3. The van der Waals surface area contributed by atoms with Gasteiger partial charge >= 0.3 is 0 Å². The van der Waals surface area contributed by atoms with E-state index in [1.54, 1.807) is 10.7 Å².